The maximum Gasteiger partial charge on any atom is 0.227 e. The molecule has 19 heavy (non-hydrogen) atoms. The monoisotopic (exact) mass is 324 g/mol. The SMILES string of the molecule is Cc1ccc(Br)cc1CN(C)C(=O)C1CCCNC1. The van der Waals surface area contributed by atoms with Crippen LogP contribution in [-0.2, 0) is 11.3 Å². The van der Waals surface area contributed by atoms with Crippen LogP contribution in [0.1, 0.15) is 24.0 Å². The highest BCUT2D eigenvalue weighted by atomic mass is 79.9. The molecule has 0 bridgehead atoms. The predicted molar refractivity (Wildman–Crippen MR) is 80.9 cm³/mol. The first kappa shape index (κ1) is 14.5. The van der Waals surface area contributed by atoms with E-state index in [1.165, 1.54) is 11.1 Å². The zero-order valence-corrected chi connectivity index (χ0v) is 13.2. The highest BCUT2D eigenvalue weighted by Gasteiger charge is 2.24. The summed E-state index contributed by atoms with van der Waals surface area (Å²) >= 11 is 3.49. The van der Waals surface area contributed by atoms with Crippen LogP contribution in [0.3, 0.4) is 0 Å². The number of amides is 1. The van der Waals surface area contributed by atoms with Crippen LogP contribution in [0.5, 0.6) is 0 Å². The van der Waals surface area contributed by atoms with Crippen molar-refractivity contribution in [2.75, 3.05) is 20.1 Å². The van der Waals surface area contributed by atoms with Gasteiger partial charge >= 0.3 is 0 Å². The van der Waals surface area contributed by atoms with Gasteiger partial charge in [-0.3, -0.25) is 4.79 Å². The summed E-state index contributed by atoms with van der Waals surface area (Å²) in [5.41, 5.74) is 2.43. The van der Waals surface area contributed by atoms with Crippen LogP contribution in [0, 0.1) is 12.8 Å². The lowest BCUT2D eigenvalue weighted by Gasteiger charge is -2.27. The molecule has 1 fully saturated rings. The van der Waals surface area contributed by atoms with Crippen LogP contribution >= 0.6 is 15.9 Å². The van der Waals surface area contributed by atoms with Gasteiger partial charge in [-0.2, -0.15) is 0 Å². The first-order valence-electron chi connectivity index (χ1n) is 6.78. The number of aryl methyl sites for hydroxylation is 1. The van der Waals surface area contributed by atoms with E-state index in [4.69, 9.17) is 0 Å². The predicted octanol–water partition coefficient (Wildman–Crippen LogP) is 2.72. The van der Waals surface area contributed by atoms with E-state index < -0.39 is 0 Å². The Labute approximate surface area is 123 Å². The summed E-state index contributed by atoms with van der Waals surface area (Å²) in [6.07, 6.45) is 2.10. The Hall–Kier alpha value is -0.870. The van der Waals surface area contributed by atoms with Crippen molar-refractivity contribution in [1.82, 2.24) is 10.2 Å². The van der Waals surface area contributed by atoms with Crippen molar-refractivity contribution >= 4 is 21.8 Å². The van der Waals surface area contributed by atoms with Crippen LogP contribution in [0.25, 0.3) is 0 Å². The van der Waals surface area contributed by atoms with Gasteiger partial charge in [-0.05, 0) is 49.6 Å². The van der Waals surface area contributed by atoms with Crippen molar-refractivity contribution < 1.29 is 4.79 Å². The Morgan fingerprint density at radius 2 is 2.32 bits per heavy atom. The number of hydrogen-bond acceptors (Lipinski definition) is 2. The molecule has 2 rings (SSSR count). The minimum Gasteiger partial charge on any atom is -0.341 e. The average Bonchev–Trinajstić information content (AvgIpc) is 2.43. The van der Waals surface area contributed by atoms with E-state index in [-0.39, 0.29) is 11.8 Å². The topological polar surface area (TPSA) is 32.3 Å². The number of hydrogen-bond donors (Lipinski definition) is 1. The third kappa shape index (κ3) is 3.80. The van der Waals surface area contributed by atoms with E-state index in [0.29, 0.717) is 6.54 Å². The second kappa shape index (κ2) is 6.53. The lowest BCUT2D eigenvalue weighted by atomic mass is 9.98. The number of rotatable bonds is 3. The molecule has 0 aromatic heterocycles. The lowest BCUT2D eigenvalue weighted by Crippen LogP contribution is -2.41. The molecule has 1 aromatic rings. The Morgan fingerprint density at radius 3 is 3.00 bits per heavy atom. The number of halogens is 1. The molecule has 1 N–H and O–H groups in total. The van der Waals surface area contributed by atoms with Crippen molar-refractivity contribution in [3.63, 3.8) is 0 Å². The van der Waals surface area contributed by atoms with Crippen molar-refractivity contribution in [1.29, 1.82) is 0 Å². The smallest absolute Gasteiger partial charge is 0.227 e. The molecule has 1 unspecified atom stereocenters. The molecular weight excluding hydrogens is 304 g/mol. The van der Waals surface area contributed by atoms with E-state index in [9.17, 15) is 4.79 Å². The second-order valence-electron chi connectivity index (χ2n) is 5.31. The van der Waals surface area contributed by atoms with E-state index in [1.54, 1.807) is 0 Å². The summed E-state index contributed by atoms with van der Waals surface area (Å²) < 4.78 is 1.06. The maximum absolute atomic E-state index is 12.4. The molecule has 1 amide bonds. The fourth-order valence-electron chi connectivity index (χ4n) is 2.52. The van der Waals surface area contributed by atoms with Gasteiger partial charge in [-0.15, -0.1) is 0 Å². The summed E-state index contributed by atoms with van der Waals surface area (Å²) in [6.45, 7) is 4.63. The maximum atomic E-state index is 12.4. The number of carbonyl (C=O) groups excluding carboxylic acids is 1. The van der Waals surface area contributed by atoms with Gasteiger partial charge < -0.3 is 10.2 Å². The Balaban J connectivity index is 2.01. The number of nitrogens with one attached hydrogen (secondary N) is 1. The number of carbonyl (C=O) groups is 1. The molecular formula is C15H21BrN2O. The first-order valence-corrected chi connectivity index (χ1v) is 7.58. The van der Waals surface area contributed by atoms with Gasteiger partial charge in [0, 0.05) is 24.6 Å². The fourth-order valence-corrected chi connectivity index (χ4v) is 2.93. The minimum absolute atomic E-state index is 0.145. The molecule has 104 valence electrons. The van der Waals surface area contributed by atoms with E-state index in [1.807, 2.05) is 18.0 Å². The van der Waals surface area contributed by atoms with Gasteiger partial charge in [0.25, 0.3) is 0 Å². The molecule has 0 radical (unpaired) electrons. The van der Waals surface area contributed by atoms with Gasteiger partial charge in [-0.25, -0.2) is 0 Å². The van der Waals surface area contributed by atoms with Gasteiger partial charge in [-0.1, -0.05) is 22.0 Å². The van der Waals surface area contributed by atoms with E-state index in [2.05, 4.69) is 40.3 Å². The molecule has 1 heterocycles. The first-order chi connectivity index (χ1) is 9.08. The number of benzene rings is 1. The standard InChI is InChI=1S/C15H21BrN2O/c1-11-5-6-14(16)8-13(11)10-18(2)15(19)12-4-3-7-17-9-12/h5-6,8,12,17H,3-4,7,9-10H2,1-2H3. The molecule has 0 aliphatic carbocycles. The van der Waals surface area contributed by atoms with E-state index in [0.717, 1.165) is 30.4 Å². The number of piperidine rings is 1. The quantitative estimate of drug-likeness (QED) is 0.927. The number of nitrogens with zero attached hydrogens (tertiary/aromatic N) is 1. The highest BCUT2D eigenvalue weighted by Crippen LogP contribution is 2.19. The summed E-state index contributed by atoms with van der Waals surface area (Å²) in [6, 6.07) is 6.21. The largest absolute Gasteiger partial charge is 0.341 e. The van der Waals surface area contributed by atoms with Gasteiger partial charge in [0.15, 0.2) is 0 Å². The Morgan fingerprint density at radius 1 is 1.53 bits per heavy atom. The van der Waals surface area contributed by atoms with Crippen LogP contribution < -0.4 is 5.32 Å². The molecule has 0 saturated carbocycles. The van der Waals surface area contributed by atoms with Crippen LogP contribution in [-0.4, -0.2) is 30.9 Å². The fraction of sp³-hybridized carbons (Fsp3) is 0.533. The highest BCUT2D eigenvalue weighted by molar-refractivity contribution is 9.10. The van der Waals surface area contributed by atoms with Crippen LogP contribution in [0.2, 0.25) is 0 Å². The Kier molecular flexibility index (Phi) is 4.99. The normalized spacial score (nSPS) is 19.2. The molecule has 3 nitrogen and oxygen atoms in total. The van der Waals surface area contributed by atoms with E-state index >= 15 is 0 Å². The summed E-state index contributed by atoms with van der Waals surface area (Å²) in [7, 11) is 1.90. The molecule has 1 saturated heterocycles. The zero-order chi connectivity index (χ0) is 13.8. The zero-order valence-electron chi connectivity index (χ0n) is 11.6. The summed E-state index contributed by atoms with van der Waals surface area (Å²) in [5.74, 6) is 0.401. The van der Waals surface area contributed by atoms with Crippen molar-refractivity contribution in [3.05, 3.63) is 33.8 Å². The van der Waals surface area contributed by atoms with Crippen molar-refractivity contribution in [2.45, 2.75) is 26.3 Å². The molecule has 0 spiro atoms. The molecule has 1 aromatic carbocycles. The van der Waals surface area contributed by atoms with Gasteiger partial charge in [0.1, 0.15) is 0 Å². The minimum atomic E-state index is 0.145. The summed E-state index contributed by atoms with van der Waals surface area (Å²) in [5, 5.41) is 3.30. The van der Waals surface area contributed by atoms with Gasteiger partial charge in [0.2, 0.25) is 5.91 Å². The summed E-state index contributed by atoms with van der Waals surface area (Å²) in [4.78, 5) is 14.2. The molecule has 4 heteroatoms. The average molecular weight is 325 g/mol. The van der Waals surface area contributed by atoms with Crippen molar-refractivity contribution in [2.24, 2.45) is 5.92 Å². The second-order valence-corrected chi connectivity index (χ2v) is 6.22. The third-order valence-electron chi connectivity index (χ3n) is 3.74. The third-order valence-corrected chi connectivity index (χ3v) is 4.23. The molecule has 1 atom stereocenters. The molecule has 1 aliphatic rings. The molecule has 1 aliphatic heterocycles. The lowest BCUT2D eigenvalue weighted by molar-refractivity contribution is -0.135. The van der Waals surface area contributed by atoms with Crippen molar-refractivity contribution in [3.8, 4) is 0 Å². The Bertz CT molecular complexity index is 455. The van der Waals surface area contributed by atoms with Crippen LogP contribution in [0.4, 0.5) is 0 Å². The van der Waals surface area contributed by atoms with Crippen LogP contribution in [0.15, 0.2) is 22.7 Å². The van der Waals surface area contributed by atoms with Gasteiger partial charge in [0.05, 0.1) is 5.92 Å².